The van der Waals surface area contributed by atoms with Crippen LogP contribution in [0.2, 0.25) is 0 Å². The van der Waals surface area contributed by atoms with E-state index >= 15 is 0 Å². The highest BCUT2D eigenvalue weighted by Gasteiger charge is 2.74. The third-order valence-corrected chi connectivity index (χ3v) is 10.5. The molecule has 7 nitrogen and oxygen atoms in total. The zero-order chi connectivity index (χ0) is 28.0. The number of carbonyl (C=O) groups excluding carboxylic acids is 3. The number of likely N-dealkylation sites (tertiary alicyclic amines) is 1. The van der Waals surface area contributed by atoms with Crippen molar-refractivity contribution in [2.75, 3.05) is 19.8 Å². The van der Waals surface area contributed by atoms with Crippen LogP contribution < -0.4 is 0 Å². The largest absolute Gasteiger partial charge is 0.465 e. The Hall–Kier alpha value is -2.58. The fourth-order valence-corrected chi connectivity index (χ4v) is 9.01. The van der Waals surface area contributed by atoms with Crippen molar-refractivity contribution in [3.8, 4) is 0 Å². The van der Waals surface area contributed by atoms with Crippen molar-refractivity contribution in [2.24, 2.45) is 11.8 Å². The molecule has 0 radical (unpaired) electrons. The molecule has 1 unspecified atom stereocenters. The van der Waals surface area contributed by atoms with Gasteiger partial charge in [-0.1, -0.05) is 54.6 Å². The summed E-state index contributed by atoms with van der Waals surface area (Å²) in [5.41, 5.74) is 0.496. The number of nitrogens with zero attached hydrogens (tertiary/aromatic N) is 2. The van der Waals surface area contributed by atoms with Gasteiger partial charge >= 0.3 is 5.97 Å². The smallest absolute Gasteiger partial charge is 0.311 e. The monoisotopic (exact) mass is 552 g/mol. The van der Waals surface area contributed by atoms with Gasteiger partial charge in [0.2, 0.25) is 11.8 Å². The first-order valence-electron chi connectivity index (χ1n) is 14.0. The van der Waals surface area contributed by atoms with E-state index in [4.69, 9.17) is 4.74 Å². The third kappa shape index (κ3) is 4.73. The Morgan fingerprint density at radius 1 is 1.05 bits per heavy atom. The lowest BCUT2D eigenvalue weighted by molar-refractivity contribution is -0.155. The summed E-state index contributed by atoms with van der Waals surface area (Å²) in [6.07, 6.45) is 11.2. The van der Waals surface area contributed by atoms with Crippen molar-refractivity contribution in [3.05, 3.63) is 60.2 Å². The highest BCUT2D eigenvalue weighted by atomic mass is 32.2. The Kier molecular flexibility index (Phi) is 7.48. The number of hydrogen-bond acceptors (Lipinski definition) is 6. The quantitative estimate of drug-likeness (QED) is 0.452. The van der Waals surface area contributed by atoms with Crippen molar-refractivity contribution in [1.29, 1.82) is 0 Å². The molecule has 1 aromatic carbocycles. The van der Waals surface area contributed by atoms with Gasteiger partial charge in [-0.15, -0.1) is 11.8 Å². The number of hydrogen-bond donors (Lipinski definition) is 1. The predicted octanol–water partition coefficient (Wildman–Crippen LogP) is 3.76. The lowest BCUT2D eigenvalue weighted by Gasteiger charge is -2.42. The molecule has 2 saturated heterocycles. The molecule has 1 aromatic rings. The molecule has 39 heavy (non-hydrogen) atoms. The highest BCUT2D eigenvalue weighted by molar-refractivity contribution is 8.02. The van der Waals surface area contributed by atoms with Crippen LogP contribution in [0.15, 0.2) is 54.6 Å². The van der Waals surface area contributed by atoms with Gasteiger partial charge in [-0.05, 0) is 58.9 Å². The first-order valence-corrected chi connectivity index (χ1v) is 14.9. The van der Waals surface area contributed by atoms with Crippen LogP contribution in [0.5, 0.6) is 0 Å². The zero-order valence-corrected chi connectivity index (χ0v) is 24.2. The molecular weight excluding hydrogens is 512 g/mol. The second kappa shape index (κ2) is 10.4. The van der Waals surface area contributed by atoms with E-state index in [1.165, 1.54) is 0 Å². The van der Waals surface area contributed by atoms with Crippen LogP contribution >= 0.6 is 11.8 Å². The number of cyclic esters (lactones) is 1. The average molecular weight is 553 g/mol. The Labute approximate surface area is 235 Å². The Morgan fingerprint density at radius 3 is 2.49 bits per heavy atom. The Morgan fingerprint density at radius 2 is 1.79 bits per heavy atom. The van der Waals surface area contributed by atoms with E-state index in [-0.39, 0.29) is 24.4 Å². The lowest BCUT2D eigenvalue weighted by atomic mass is 9.74. The zero-order valence-electron chi connectivity index (χ0n) is 23.3. The minimum absolute atomic E-state index is 0.146. The number of benzene rings is 1. The molecule has 4 aliphatic rings. The number of ether oxygens (including phenoxy) is 1. The van der Waals surface area contributed by atoms with Gasteiger partial charge in [-0.25, -0.2) is 0 Å². The summed E-state index contributed by atoms with van der Waals surface area (Å²) in [5.74, 6) is -2.31. The fraction of sp³-hybridized carbons (Fsp3) is 0.581. The topological polar surface area (TPSA) is 87.2 Å². The van der Waals surface area contributed by atoms with E-state index < -0.39 is 39.0 Å². The number of allylic oxidation sites excluding steroid dienone is 1. The number of esters is 1. The number of rotatable bonds is 4. The Balaban J connectivity index is 1.66. The van der Waals surface area contributed by atoms with Crippen LogP contribution in [0, 0.1) is 11.8 Å². The molecular formula is C31H40N2O5S. The first kappa shape index (κ1) is 28.0. The summed E-state index contributed by atoms with van der Waals surface area (Å²) >= 11 is 1.55. The summed E-state index contributed by atoms with van der Waals surface area (Å²) in [6, 6.07) is 8.25. The normalized spacial score (nSPS) is 34.6. The van der Waals surface area contributed by atoms with E-state index in [0.717, 1.165) is 24.8 Å². The van der Waals surface area contributed by atoms with Gasteiger partial charge in [-0.3, -0.25) is 14.4 Å². The van der Waals surface area contributed by atoms with Crippen molar-refractivity contribution in [2.45, 2.75) is 80.5 Å². The number of carbonyl (C=O) groups is 3. The molecule has 1 spiro atoms. The van der Waals surface area contributed by atoms with Crippen LogP contribution in [0.3, 0.4) is 0 Å². The van der Waals surface area contributed by atoms with Crippen molar-refractivity contribution in [1.82, 2.24) is 9.80 Å². The van der Waals surface area contributed by atoms with Crippen LogP contribution in [-0.2, 0) is 25.5 Å². The average Bonchev–Trinajstić information content (AvgIpc) is 3.21. The van der Waals surface area contributed by atoms with Crippen LogP contribution in [0.25, 0.3) is 0 Å². The van der Waals surface area contributed by atoms with Crippen LogP contribution in [0.1, 0.15) is 52.5 Å². The van der Waals surface area contributed by atoms with E-state index in [0.29, 0.717) is 19.6 Å². The summed E-state index contributed by atoms with van der Waals surface area (Å²) in [7, 11) is 0. The molecule has 2 fully saturated rings. The van der Waals surface area contributed by atoms with Gasteiger partial charge in [0.15, 0.2) is 0 Å². The van der Waals surface area contributed by atoms with Crippen molar-refractivity contribution < 1.29 is 24.2 Å². The van der Waals surface area contributed by atoms with Gasteiger partial charge in [0.1, 0.15) is 6.04 Å². The molecule has 0 aromatic heterocycles. The number of thioether (sulfide) groups is 1. The van der Waals surface area contributed by atoms with Crippen molar-refractivity contribution in [3.63, 3.8) is 0 Å². The van der Waals surface area contributed by atoms with Crippen molar-refractivity contribution >= 4 is 29.5 Å². The highest BCUT2D eigenvalue weighted by Crippen LogP contribution is 2.65. The van der Waals surface area contributed by atoms with Gasteiger partial charge in [0.25, 0.3) is 0 Å². The maximum atomic E-state index is 14.6. The van der Waals surface area contributed by atoms with Gasteiger partial charge in [0.05, 0.1) is 35.8 Å². The molecule has 4 aliphatic heterocycles. The number of aliphatic hydroxyl groups excluding tert-OH is 1. The molecule has 0 aliphatic carbocycles. The summed E-state index contributed by atoms with van der Waals surface area (Å²) in [4.78, 5) is 46.3. The van der Waals surface area contributed by atoms with E-state index in [1.807, 2.05) is 75.1 Å². The predicted molar refractivity (Wildman–Crippen MR) is 152 cm³/mol. The van der Waals surface area contributed by atoms with Crippen LogP contribution in [0.4, 0.5) is 0 Å². The molecule has 0 saturated carbocycles. The number of aliphatic hydroxyl groups is 1. The third-order valence-electron chi connectivity index (χ3n) is 8.67. The first-order chi connectivity index (χ1) is 18.5. The molecule has 210 valence electrons. The summed E-state index contributed by atoms with van der Waals surface area (Å²) < 4.78 is 4.08. The number of amides is 2. The maximum Gasteiger partial charge on any atom is 0.311 e. The molecule has 8 heteroatoms. The molecule has 2 amide bonds. The van der Waals surface area contributed by atoms with Gasteiger partial charge in [0, 0.05) is 16.8 Å². The van der Waals surface area contributed by atoms with E-state index in [1.54, 1.807) is 16.7 Å². The lowest BCUT2D eigenvalue weighted by Crippen LogP contribution is -2.60. The molecule has 4 heterocycles. The minimum atomic E-state index is -0.963. The molecule has 5 rings (SSSR count). The molecule has 6 atom stereocenters. The standard InChI is InChI=1S/C31H40N2O5S/c1-29(2,3)32-17-12-16-31-23(24-28(37)38-18-11-6-5-10-15-30(24,4)39-31)26(35)33(25(31)27(32)36)22(20-34)19-21-13-8-7-9-14-21/h7-10,12-16,22-25,34H,5-6,11,17-20H2,1-4H3/b15-10-/t22-,23+,24+,25?,30-,31+/m1/s1. The number of fused-ring (bicyclic) bond motifs is 2. The molecule has 0 bridgehead atoms. The summed E-state index contributed by atoms with van der Waals surface area (Å²) in [5, 5.41) is 10.6. The van der Waals surface area contributed by atoms with E-state index in [9.17, 15) is 19.5 Å². The summed E-state index contributed by atoms with van der Waals surface area (Å²) in [6.45, 7) is 8.43. The van der Waals surface area contributed by atoms with E-state index in [2.05, 4.69) is 12.2 Å². The maximum absolute atomic E-state index is 14.6. The SMILES string of the molecule is CC(C)(C)N1CC=C[C@]23S[C@]4(C)/C=C\CCCCOC(=O)[C@@H]4[C@H]2C(=O)N([C@@H](CO)Cc2ccccc2)C3C1=O. The second-order valence-electron chi connectivity index (χ2n) is 12.4. The fourth-order valence-electron chi connectivity index (χ4n) is 6.87. The van der Waals surface area contributed by atoms with Gasteiger partial charge in [-0.2, -0.15) is 0 Å². The molecule has 1 N–H and O–H groups in total. The van der Waals surface area contributed by atoms with Gasteiger partial charge < -0.3 is 19.6 Å². The van der Waals surface area contributed by atoms with Crippen LogP contribution in [-0.4, -0.2) is 79.6 Å². The Bertz CT molecular complexity index is 1180. The second-order valence-corrected chi connectivity index (χ2v) is 14.1. The minimum Gasteiger partial charge on any atom is -0.465 e.